The smallest absolute Gasteiger partial charge is 0.193 e. The topological polar surface area (TPSA) is 46.1 Å². The second-order valence-electron chi connectivity index (χ2n) is 6.16. The van der Waals surface area contributed by atoms with Crippen LogP contribution in [0.25, 0.3) is 0 Å². The maximum atomic E-state index is 13.5. The first-order valence-corrected chi connectivity index (χ1v) is 8.67. The maximum Gasteiger partial charge on any atom is 0.193 e. The van der Waals surface area contributed by atoms with Gasteiger partial charge in [-0.2, -0.15) is 0 Å². The van der Waals surface area contributed by atoms with Gasteiger partial charge in [0.1, 0.15) is 12.4 Å². The largest absolute Gasteiger partial charge is 0.489 e. The lowest BCUT2D eigenvalue weighted by Crippen LogP contribution is -2.41. The van der Waals surface area contributed by atoms with E-state index in [0.29, 0.717) is 12.5 Å². The average molecular weight is 483 g/mol. The monoisotopic (exact) mass is 483 g/mol. The molecular formula is C18H28F2IN3O2. The van der Waals surface area contributed by atoms with Crippen LogP contribution in [0.1, 0.15) is 19.3 Å². The second kappa shape index (κ2) is 12.3. The van der Waals surface area contributed by atoms with Crippen molar-refractivity contribution >= 4 is 29.9 Å². The first-order chi connectivity index (χ1) is 12.1. The molecule has 0 aromatic heterocycles. The molecule has 26 heavy (non-hydrogen) atoms. The molecule has 1 aromatic rings. The zero-order valence-electron chi connectivity index (χ0n) is 15.3. The van der Waals surface area contributed by atoms with E-state index in [1.807, 2.05) is 7.05 Å². The lowest BCUT2D eigenvalue weighted by atomic mass is 9.96. The Bertz CT molecular complexity index is 569. The zero-order valence-corrected chi connectivity index (χ0v) is 17.7. The van der Waals surface area contributed by atoms with E-state index in [-0.39, 0.29) is 36.3 Å². The van der Waals surface area contributed by atoms with E-state index in [1.54, 1.807) is 7.05 Å². The second-order valence-corrected chi connectivity index (χ2v) is 6.16. The molecule has 1 aliphatic rings. The molecule has 5 nitrogen and oxygen atoms in total. The molecule has 0 radical (unpaired) electrons. The van der Waals surface area contributed by atoms with Crippen LogP contribution in [-0.4, -0.2) is 57.9 Å². The molecule has 1 aromatic carbocycles. The summed E-state index contributed by atoms with van der Waals surface area (Å²) in [6, 6.07) is 3.28. The van der Waals surface area contributed by atoms with Crippen LogP contribution in [-0.2, 0) is 4.74 Å². The van der Waals surface area contributed by atoms with E-state index in [9.17, 15) is 8.78 Å². The van der Waals surface area contributed by atoms with Crippen LogP contribution in [0.15, 0.2) is 23.2 Å². The minimum absolute atomic E-state index is 0. The van der Waals surface area contributed by atoms with Gasteiger partial charge in [-0.05, 0) is 37.3 Å². The summed E-state index contributed by atoms with van der Waals surface area (Å²) in [6.45, 7) is 3.37. The summed E-state index contributed by atoms with van der Waals surface area (Å²) in [6.07, 6.45) is 3.35. The van der Waals surface area contributed by atoms with Crippen LogP contribution < -0.4 is 10.1 Å². The molecule has 148 valence electrons. The molecule has 2 rings (SSSR count). The van der Waals surface area contributed by atoms with E-state index in [0.717, 1.165) is 51.0 Å². The number of benzene rings is 1. The van der Waals surface area contributed by atoms with Crippen molar-refractivity contribution in [2.75, 3.05) is 47.0 Å². The third-order valence-electron chi connectivity index (χ3n) is 4.32. The Morgan fingerprint density at radius 1 is 1.35 bits per heavy atom. The van der Waals surface area contributed by atoms with Crippen LogP contribution in [0.5, 0.6) is 5.75 Å². The van der Waals surface area contributed by atoms with Gasteiger partial charge in [-0.1, -0.05) is 0 Å². The normalized spacial score (nSPS) is 15.3. The molecular weight excluding hydrogens is 455 g/mol. The summed E-state index contributed by atoms with van der Waals surface area (Å²) in [5.41, 5.74) is 0. The Hall–Kier alpha value is -1.16. The van der Waals surface area contributed by atoms with Gasteiger partial charge in [0, 0.05) is 39.9 Å². The highest BCUT2D eigenvalue weighted by molar-refractivity contribution is 14.0. The summed E-state index contributed by atoms with van der Waals surface area (Å²) in [4.78, 5) is 6.33. The Morgan fingerprint density at radius 2 is 2.08 bits per heavy atom. The molecule has 1 N–H and O–H groups in total. The number of guanidine groups is 1. The molecule has 8 heteroatoms. The summed E-state index contributed by atoms with van der Waals surface area (Å²) < 4.78 is 37.0. The molecule has 0 amide bonds. The van der Waals surface area contributed by atoms with Crippen LogP contribution >= 0.6 is 24.0 Å². The standard InChI is InChI=1S/C18H27F2N3O2.HI/c1-21-18(23(2)9-5-14-6-10-24-11-7-14)22-8-12-25-17-4-3-15(19)13-16(17)20;/h3-4,13-14H,5-12H2,1-2H3,(H,21,22);1H. The number of nitrogens with zero attached hydrogens (tertiary/aromatic N) is 2. The van der Waals surface area contributed by atoms with Crippen LogP contribution in [0.2, 0.25) is 0 Å². The number of hydrogen-bond donors (Lipinski definition) is 1. The first-order valence-electron chi connectivity index (χ1n) is 8.67. The highest BCUT2D eigenvalue weighted by Gasteiger charge is 2.15. The molecule has 0 spiro atoms. The summed E-state index contributed by atoms with van der Waals surface area (Å²) in [5.74, 6) is 0.216. The van der Waals surface area contributed by atoms with Gasteiger partial charge in [0.05, 0.1) is 6.54 Å². The third-order valence-corrected chi connectivity index (χ3v) is 4.32. The van der Waals surface area contributed by atoms with Gasteiger partial charge in [0.25, 0.3) is 0 Å². The lowest BCUT2D eigenvalue weighted by Gasteiger charge is -2.26. The van der Waals surface area contributed by atoms with Crippen molar-refractivity contribution in [2.45, 2.75) is 19.3 Å². The predicted molar refractivity (Wildman–Crippen MR) is 109 cm³/mol. The number of nitrogens with one attached hydrogen (secondary N) is 1. The molecule has 0 unspecified atom stereocenters. The number of aliphatic imine (C=N–C) groups is 1. The van der Waals surface area contributed by atoms with Crippen LogP contribution in [0.4, 0.5) is 8.78 Å². The van der Waals surface area contributed by atoms with Gasteiger partial charge in [-0.15, -0.1) is 24.0 Å². The van der Waals surface area contributed by atoms with E-state index >= 15 is 0 Å². The quantitative estimate of drug-likeness (QED) is 0.280. The zero-order chi connectivity index (χ0) is 18.1. The van der Waals surface area contributed by atoms with Crippen molar-refractivity contribution in [1.29, 1.82) is 0 Å². The van der Waals surface area contributed by atoms with Gasteiger partial charge < -0.3 is 19.7 Å². The van der Waals surface area contributed by atoms with E-state index in [1.165, 1.54) is 12.1 Å². The number of rotatable bonds is 7. The van der Waals surface area contributed by atoms with Crippen LogP contribution in [0.3, 0.4) is 0 Å². The molecule has 1 fully saturated rings. The van der Waals surface area contributed by atoms with Crippen molar-refractivity contribution in [3.8, 4) is 5.75 Å². The molecule has 0 aliphatic carbocycles. The summed E-state index contributed by atoms with van der Waals surface area (Å²) >= 11 is 0. The van der Waals surface area contributed by atoms with Crippen molar-refractivity contribution in [2.24, 2.45) is 10.9 Å². The fraction of sp³-hybridized carbons (Fsp3) is 0.611. The predicted octanol–water partition coefficient (Wildman–Crippen LogP) is 3.29. The summed E-state index contributed by atoms with van der Waals surface area (Å²) in [5, 5.41) is 3.19. The van der Waals surface area contributed by atoms with Crippen LogP contribution in [0, 0.1) is 17.6 Å². The molecule has 1 heterocycles. The highest BCUT2D eigenvalue weighted by Crippen LogP contribution is 2.19. The third kappa shape index (κ3) is 7.61. The fourth-order valence-electron chi connectivity index (χ4n) is 2.82. The number of hydrogen-bond acceptors (Lipinski definition) is 3. The van der Waals surface area contributed by atoms with Crippen molar-refractivity contribution < 1.29 is 18.3 Å². The SMILES string of the molecule is CN=C(NCCOc1ccc(F)cc1F)N(C)CCC1CCOCC1.I. The maximum absolute atomic E-state index is 13.5. The Balaban J connectivity index is 0.00000338. The van der Waals surface area contributed by atoms with Gasteiger partial charge >= 0.3 is 0 Å². The van der Waals surface area contributed by atoms with E-state index < -0.39 is 11.6 Å². The Labute approximate surface area is 171 Å². The van der Waals surface area contributed by atoms with Gasteiger partial charge in [-0.3, -0.25) is 4.99 Å². The fourth-order valence-corrected chi connectivity index (χ4v) is 2.82. The molecule has 0 bridgehead atoms. The molecule has 0 saturated carbocycles. The average Bonchev–Trinajstić information content (AvgIpc) is 2.62. The highest BCUT2D eigenvalue weighted by atomic mass is 127. The number of halogens is 3. The van der Waals surface area contributed by atoms with Gasteiger partial charge in [-0.25, -0.2) is 8.78 Å². The number of ether oxygens (including phenoxy) is 2. The van der Waals surface area contributed by atoms with Gasteiger partial charge in [0.15, 0.2) is 17.5 Å². The van der Waals surface area contributed by atoms with Crippen molar-refractivity contribution in [1.82, 2.24) is 10.2 Å². The van der Waals surface area contributed by atoms with Crippen molar-refractivity contribution in [3.05, 3.63) is 29.8 Å². The van der Waals surface area contributed by atoms with E-state index in [4.69, 9.17) is 9.47 Å². The lowest BCUT2D eigenvalue weighted by molar-refractivity contribution is 0.0625. The Kier molecular flexibility index (Phi) is 10.8. The minimum atomic E-state index is -0.696. The minimum Gasteiger partial charge on any atom is -0.489 e. The van der Waals surface area contributed by atoms with Crippen molar-refractivity contribution in [3.63, 3.8) is 0 Å². The first kappa shape index (κ1) is 22.9. The molecule has 1 saturated heterocycles. The van der Waals surface area contributed by atoms with E-state index in [2.05, 4.69) is 15.2 Å². The Morgan fingerprint density at radius 3 is 2.73 bits per heavy atom. The summed E-state index contributed by atoms with van der Waals surface area (Å²) in [7, 11) is 3.73. The van der Waals surface area contributed by atoms with Gasteiger partial charge in [0.2, 0.25) is 0 Å². The molecule has 1 aliphatic heterocycles. The molecule has 0 atom stereocenters.